The highest BCUT2D eigenvalue weighted by Crippen LogP contribution is 2.34. The predicted molar refractivity (Wildman–Crippen MR) is 75.7 cm³/mol. The van der Waals surface area contributed by atoms with Crippen LogP contribution in [-0.4, -0.2) is 19.9 Å². The number of aliphatic hydroxyl groups excluding tert-OH is 1. The Kier molecular flexibility index (Phi) is 4.55. The number of nitrogens with zero attached hydrogens (tertiary/aromatic N) is 3. The van der Waals surface area contributed by atoms with Crippen LogP contribution in [0.4, 0.5) is 13.2 Å². The Hall–Kier alpha value is -1.89. The molecule has 0 amide bonds. The normalized spacial score (nSPS) is 13.6. The van der Waals surface area contributed by atoms with Crippen molar-refractivity contribution in [3.63, 3.8) is 0 Å². The Balaban J connectivity index is 2.60. The molecule has 0 spiro atoms. The zero-order valence-electron chi connectivity index (χ0n) is 12.6. The molecule has 7 heteroatoms. The molecule has 0 fully saturated rings. The fraction of sp³-hybridized carbons (Fsp3) is 0.467. The van der Waals surface area contributed by atoms with E-state index in [1.165, 1.54) is 18.5 Å². The highest BCUT2D eigenvalue weighted by molar-refractivity contribution is 5.37. The van der Waals surface area contributed by atoms with Gasteiger partial charge < -0.3 is 5.11 Å². The van der Waals surface area contributed by atoms with Gasteiger partial charge in [-0.1, -0.05) is 20.8 Å². The van der Waals surface area contributed by atoms with Crippen LogP contribution in [-0.2, 0) is 6.18 Å². The van der Waals surface area contributed by atoms with Crippen LogP contribution in [0.5, 0.6) is 0 Å². The fourth-order valence-corrected chi connectivity index (χ4v) is 2.24. The van der Waals surface area contributed by atoms with E-state index in [9.17, 15) is 18.3 Å². The molecular weight excluding hydrogens is 295 g/mol. The molecule has 2 rings (SSSR count). The van der Waals surface area contributed by atoms with Crippen molar-refractivity contribution >= 4 is 0 Å². The minimum Gasteiger partial charge on any atom is -0.388 e. The molecule has 0 saturated heterocycles. The van der Waals surface area contributed by atoms with Gasteiger partial charge in [-0.25, -0.2) is 9.67 Å². The summed E-state index contributed by atoms with van der Waals surface area (Å²) in [4.78, 5) is 3.81. The van der Waals surface area contributed by atoms with E-state index >= 15 is 0 Å². The maximum absolute atomic E-state index is 13.1. The molecule has 22 heavy (non-hydrogen) atoms. The smallest absolute Gasteiger partial charge is 0.388 e. The number of halogens is 3. The Labute approximate surface area is 126 Å². The van der Waals surface area contributed by atoms with Crippen molar-refractivity contribution in [2.45, 2.75) is 45.4 Å². The van der Waals surface area contributed by atoms with Gasteiger partial charge in [0.15, 0.2) is 5.82 Å². The molecule has 2 aromatic heterocycles. The molecule has 2 heterocycles. The van der Waals surface area contributed by atoms with Crippen LogP contribution in [0, 0.1) is 0 Å². The second-order valence-corrected chi connectivity index (χ2v) is 5.37. The maximum Gasteiger partial charge on any atom is 0.420 e. The van der Waals surface area contributed by atoms with Crippen LogP contribution in [0.2, 0.25) is 0 Å². The molecule has 0 aliphatic rings. The predicted octanol–water partition coefficient (Wildman–Crippen LogP) is 3.85. The molecule has 0 radical (unpaired) electrons. The van der Waals surface area contributed by atoms with E-state index in [1.54, 1.807) is 6.92 Å². The lowest BCUT2D eigenvalue weighted by Crippen LogP contribution is -2.12. The van der Waals surface area contributed by atoms with Crippen molar-refractivity contribution in [3.05, 3.63) is 41.3 Å². The summed E-state index contributed by atoms with van der Waals surface area (Å²) in [6, 6.07) is 2.20. The van der Waals surface area contributed by atoms with Crippen LogP contribution < -0.4 is 0 Å². The Bertz CT molecular complexity index is 650. The highest BCUT2D eigenvalue weighted by Gasteiger charge is 2.35. The number of aliphatic hydroxyl groups is 1. The van der Waals surface area contributed by atoms with Crippen LogP contribution in [0.3, 0.4) is 0 Å². The lowest BCUT2D eigenvalue weighted by atomic mass is 10.0. The summed E-state index contributed by atoms with van der Waals surface area (Å²) >= 11 is 0. The average molecular weight is 313 g/mol. The summed E-state index contributed by atoms with van der Waals surface area (Å²) in [7, 11) is 0. The van der Waals surface area contributed by atoms with E-state index in [-0.39, 0.29) is 11.7 Å². The van der Waals surface area contributed by atoms with Gasteiger partial charge in [0.05, 0.1) is 11.8 Å². The molecule has 0 aliphatic heterocycles. The number of alkyl halides is 3. The summed E-state index contributed by atoms with van der Waals surface area (Å²) in [6.45, 7) is 5.55. The first-order valence-corrected chi connectivity index (χ1v) is 7.05. The van der Waals surface area contributed by atoms with Crippen molar-refractivity contribution in [1.29, 1.82) is 0 Å². The third kappa shape index (κ3) is 3.14. The molecule has 1 unspecified atom stereocenters. The van der Waals surface area contributed by atoms with Gasteiger partial charge in [-0.3, -0.25) is 0 Å². The Morgan fingerprint density at radius 3 is 2.55 bits per heavy atom. The number of rotatable bonds is 4. The molecule has 4 nitrogen and oxygen atoms in total. The van der Waals surface area contributed by atoms with E-state index in [0.29, 0.717) is 17.7 Å². The maximum atomic E-state index is 13.1. The van der Waals surface area contributed by atoms with E-state index in [1.807, 2.05) is 13.8 Å². The van der Waals surface area contributed by atoms with E-state index in [0.717, 1.165) is 10.7 Å². The Morgan fingerprint density at radius 1 is 1.32 bits per heavy atom. The van der Waals surface area contributed by atoms with Crippen molar-refractivity contribution < 1.29 is 18.3 Å². The van der Waals surface area contributed by atoms with Crippen molar-refractivity contribution in [2.75, 3.05) is 0 Å². The summed E-state index contributed by atoms with van der Waals surface area (Å²) in [5.41, 5.74) is 0.259. The molecular formula is C15H18F3N3O. The van der Waals surface area contributed by atoms with E-state index in [2.05, 4.69) is 10.1 Å². The van der Waals surface area contributed by atoms with E-state index < -0.39 is 17.8 Å². The van der Waals surface area contributed by atoms with Gasteiger partial charge in [0, 0.05) is 18.0 Å². The molecule has 1 atom stereocenters. The van der Waals surface area contributed by atoms with Gasteiger partial charge in [-0.15, -0.1) is 0 Å². The third-order valence-corrected chi connectivity index (χ3v) is 3.37. The third-order valence-electron chi connectivity index (χ3n) is 3.37. The zero-order valence-corrected chi connectivity index (χ0v) is 12.6. The monoisotopic (exact) mass is 313 g/mol. The fourth-order valence-electron chi connectivity index (χ4n) is 2.24. The van der Waals surface area contributed by atoms with Crippen molar-refractivity contribution in [1.82, 2.24) is 14.8 Å². The van der Waals surface area contributed by atoms with E-state index in [4.69, 9.17) is 0 Å². The van der Waals surface area contributed by atoms with Gasteiger partial charge in [0.1, 0.15) is 5.56 Å². The second kappa shape index (κ2) is 6.08. The molecule has 120 valence electrons. The quantitative estimate of drug-likeness (QED) is 0.932. The first-order valence-electron chi connectivity index (χ1n) is 7.05. The van der Waals surface area contributed by atoms with Gasteiger partial charge >= 0.3 is 6.18 Å². The topological polar surface area (TPSA) is 50.9 Å². The first-order chi connectivity index (χ1) is 10.3. The number of pyridine rings is 1. The van der Waals surface area contributed by atoms with Crippen LogP contribution in [0.15, 0.2) is 24.5 Å². The van der Waals surface area contributed by atoms with Gasteiger partial charge in [-0.05, 0) is 24.5 Å². The molecule has 2 aromatic rings. The second-order valence-electron chi connectivity index (χ2n) is 5.37. The average Bonchev–Trinajstić information content (AvgIpc) is 2.91. The van der Waals surface area contributed by atoms with Crippen LogP contribution in [0.25, 0.3) is 5.82 Å². The first kappa shape index (κ1) is 16.5. The lowest BCUT2D eigenvalue weighted by Gasteiger charge is -2.11. The number of hydrogen-bond acceptors (Lipinski definition) is 3. The molecule has 0 bridgehead atoms. The molecule has 1 N–H and O–H groups in total. The summed E-state index contributed by atoms with van der Waals surface area (Å²) in [5.74, 6) is -0.304. The minimum atomic E-state index is -4.52. The summed E-state index contributed by atoms with van der Waals surface area (Å²) in [5, 5.41) is 14.3. The summed E-state index contributed by atoms with van der Waals surface area (Å²) < 4.78 is 40.4. The Morgan fingerprint density at radius 2 is 2.00 bits per heavy atom. The van der Waals surface area contributed by atoms with Gasteiger partial charge in [0.2, 0.25) is 0 Å². The standard InChI is InChI=1S/C15H18F3N3O/c1-4-12(22)10-8-21(20-13(10)9(2)3)14-11(15(16,17)18)6-5-7-19-14/h5-9,12,22H,4H2,1-3H3. The molecule has 0 saturated carbocycles. The molecule has 0 aromatic carbocycles. The lowest BCUT2D eigenvalue weighted by molar-refractivity contribution is -0.137. The van der Waals surface area contributed by atoms with Crippen LogP contribution in [0.1, 0.15) is 56.0 Å². The van der Waals surface area contributed by atoms with Crippen LogP contribution >= 0.6 is 0 Å². The van der Waals surface area contributed by atoms with Gasteiger partial charge in [0.25, 0.3) is 0 Å². The van der Waals surface area contributed by atoms with Gasteiger partial charge in [-0.2, -0.15) is 18.3 Å². The largest absolute Gasteiger partial charge is 0.420 e. The molecule has 0 aliphatic carbocycles. The minimum absolute atomic E-state index is 0.0181. The highest BCUT2D eigenvalue weighted by atomic mass is 19.4. The van der Waals surface area contributed by atoms with Crippen molar-refractivity contribution in [2.24, 2.45) is 0 Å². The SMILES string of the molecule is CCC(O)c1cn(-c2ncccc2C(F)(F)F)nc1C(C)C. The number of hydrogen-bond donors (Lipinski definition) is 1. The van der Waals surface area contributed by atoms with Crippen molar-refractivity contribution in [3.8, 4) is 5.82 Å². The number of aromatic nitrogens is 3. The summed E-state index contributed by atoms with van der Waals surface area (Å²) in [6.07, 6.45) is -2.10. The zero-order chi connectivity index (χ0) is 16.5.